The first-order valence-electron chi connectivity index (χ1n) is 5.24. The molecule has 0 atom stereocenters. The van der Waals surface area contributed by atoms with Gasteiger partial charge in [0.2, 0.25) is 0 Å². The lowest BCUT2D eigenvalue weighted by molar-refractivity contribution is 0.0697. The summed E-state index contributed by atoms with van der Waals surface area (Å²) in [4.78, 5) is 10.7. The number of sulfonamides is 1. The van der Waals surface area contributed by atoms with E-state index in [1.807, 2.05) is 0 Å². The third kappa shape index (κ3) is 2.74. The normalized spacial score (nSPS) is 11.2. The molecule has 0 amide bonds. The van der Waals surface area contributed by atoms with Gasteiger partial charge in [-0.15, -0.1) is 0 Å². The fraction of sp³-hybridized carbons (Fsp3) is 0.0909. The number of hydrogen-bond acceptors (Lipinski definition) is 4. The number of aryl methyl sites for hydroxylation is 1. The highest BCUT2D eigenvalue weighted by Gasteiger charge is 2.16. The van der Waals surface area contributed by atoms with Gasteiger partial charge in [-0.05, 0) is 24.3 Å². The molecular formula is C11H11N3O4S. The smallest absolute Gasteiger partial charge is 0.335 e. The topological polar surface area (TPSA) is 101 Å². The molecule has 1 aromatic carbocycles. The van der Waals surface area contributed by atoms with Gasteiger partial charge in [0.15, 0.2) is 0 Å². The minimum Gasteiger partial charge on any atom is -0.478 e. The second kappa shape index (κ2) is 4.73. The summed E-state index contributed by atoms with van der Waals surface area (Å²) in [6, 6.07) is 6.47. The van der Waals surface area contributed by atoms with Crippen molar-refractivity contribution in [1.29, 1.82) is 0 Å². The van der Waals surface area contributed by atoms with E-state index in [4.69, 9.17) is 5.11 Å². The maximum absolute atomic E-state index is 12.0. The number of rotatable bonds is 4. The summed E-state index contributed by atoms with van der Waals surface area (Å²) in [6.45, 7) is 0. The van der Waals surface area contributed by atoms with Crippen LogP contribution in [-0.2, 0) is 17.1 Å². The second-order valence-electron chi connectivity index (χ2n) is 3.78. The van der Waals surface area contributed by atoms with Crippen LogP contribution in [-0.4, -0.2) is 29.3 Å². The molecule has 8 heteroatoms. The Bertz CT molecular complexity index is 704. The molecule has 0 aliphatic rings. The fourth-order valence-corrected chi connectivity index (χ4v) is 2.54. The number of carbonyl (C=O) groups is 1. The molecule has 0 radical (unpaired) electrons. The molecule has 0 saturated carbocycles. The maximum atomic E-state index is 12.0. The van der Waals surface area contributed by atoms with Crippen molar-refractivity contribution in [2.75, 3.05) is 4.72 Å². The molecule has 0 bridgehead atoms. The third-order valence-corrected chi connectivity index (χ3v) is 3.84. The molecule has 100 valence electrons. The van der Waals surface area contributed by atoms with Crippen molar-refractivity contribution < 1.29 is 18.3 Å². The molecule has 0 saturated heterocycles. The first kappa shape index (κ1) is 13.1. The zero-order valence-electron chi connectivity index (χ0n) is 9.94. The van der Waals surface area contributed by atoms with E-state index in [0.29, 0.717) is 5.82 Å². The van der Waals surface area contributed by atoms with Crippen LogP contribution in [0.4, 0.5) is 5.82 Å². The Kier molecular flexibility index (Phi) is 3.26. The minimum atomic E-state index is -3.75. The van der Waals surface area contributed by atoms with Crippen molar-refractivity contribution in [2.24, 2.45) is 7.05 Å². The molecule has 2 aromatic rings. The van der Waals surface area contributed by atoms with Crippen molar-refractivity contribution >= 4 is 21.8 Å². The molecule has 0 spiro atoms. The number of anilines is 1. The molecule has 0 fully saturated rings. The van der Waals surface area contributed by atoms with Gasteiger partial charge in [-0.3, -0.25) is 9.40 Å². The first-order chi connectivity index (χ1) is 8.90. The van der Waals surface area contributed by atoms with Crippen LogP contribution in [0.1, 0.15) is 10.4 Å². The maximum Gasteiger partial charge on any atom is 0.335 e. The number of aromatic carboxylic acids is 1. The lowest BCUT2D eigenvalue weighted by Crippen LogP contribution is -2.15. The Hall–Kier alpha value is -2.35. The zero-order chi connectivity index (χ0) is 14.0. The van der Waals surface area contributed by atoms with Gasteiger partial charge in [-0.1, -0.05) is 0 Å². The number of benzene rings is 1. The fourth-order valence-electron chi connectivity index (χ4n) is 1.45. The van der Waals surface area contributed by atoms with Gasteiger partial charge in [0.25, 0.3) is 10.0 Å². The second-order valence-corrected chi connectivity index (χ2v) is 5.46. The Balaban J connectivity index is 2.29. The molecule has 0 aliphatic heterocycles. The van der Waals surface area contributed by atoms with Gasteiger partial charge in [0, 0.05) is 13.1 Å². The first-order valence-corrected chi connectivity index (χ1v) is 6.72. The van der Waals surface area contributed by atoms with Crippen LogP contribution in [0.25, 0.3) is 0 Å². The van der Waals surface area contributed by atoms with Gasteiger partial charge in [-0.25, -0.2) is 13.2 Å². The summed E-state index contributed by atoms with van der Waals surface area (Å²) in [6.07, 6.45) is 1.46. The average molecular weight is 281 g/mol. The van der Waals surface area contributed by atoms with Crippen LogP contribution >= 0.6 is 0 Å². The van der Waals surface area contributed by atoms with E-state index in [-0.39, 0.29) is 10.5 Å². The summed E-state index contributed by atoms with van der Waals surface area (Å²) < 4.78 is 27.8. The average Bonchev–Trinajstić information content (AvgIpc) is 2.74. The van der Waals surface area contributed by atoms with Crippen molar-refractivity contribution in [1.82, 2.24) is 9.78 Å². The number of hydrogen-bond donors (Lipinski definition) is 2. The quantitative estimate of drug-likeness (QED) is 0.867. The van der Waals surface area contributed by atoms with E-state index in [0.717, 1.165) is 0 Å². The van der Waals surface area contributed by atoms with Crippen LogP contribution in [0, 0.1) is 0 Å². The van der Waals surface area contributed by atoms with E-state index in [2.05, 4.69) is 9.82 Å². The van der Waals surface area contributed by atoms with Gasteiger partial charge >= 0.3 is 5.97 Å². The van der Waals surface area contributed by atoms with Crippen LogP contribution in [0.5, 0.6) is 0 Å². The molecule has 0 aliphatic carbocycles. The number of nitrogens with zero attached hydrogens (tertiary/aromatic N) is 2. The van der Waals surface area contributed by atoms with Gasteiger partial charge in [0.05, 0.1) is 16.7 Å². The molecule has 1 aromatic heterocycles. The van der Waals surface area contributed by atoms with E-state index in [1.165, 1.54) is 41.2 Å². The molecule has 1 heterocycles. The van der Waals surface area contributed by atoms with Crippen molar-refractivity contribution in [3.8, 4) is 0 Å². The molecular weight excluding hydrogens is 270 g/mol. The van der Waals surface area contributed by atoms with Gasteiger partial charge in [0.1, 0.15) is 5.82 Å². The van der Waals surface area contributed by atoms with Gasteiger partial charge in [-0.2, -0.15) is 5.10 Å². The van der Waals surface area contributed by atoms with E-state index in [9.17, 15) is 13.2 Å². The third-order valence-electron chi connectivity index (χ3n) is 2.47. The van der Waals surface area contributed by atoms with Crippen molar-refractivity contribution in [2.45, 2.75) is 4.90 Å². The highest BCUT2D eigenvalue weighted by molar-refractivity contribution is 7.92. The monoisotopic (exact) mass is 281 g/mol. The minimum absolute atomic E-state index is 0.0151. The number of nitrogens with one attached hydrogen (secondary N) is 1. The Labute approximate surface area is 109 Å². The van der Waals surface area contributed by atoms with Crippen LogP contribution < -0.4 is 4.72 Å². The van der Waals surface area contributed by atoms with Crippen molar-refractivity contribution in [3.63, 3.8) is 0 Å². The number of carboxylic acids is 1. The summed E-state index contributed by atoms with van der Waals surface area (Å²) >= 11 is 0. The van der Waals surface area contributed by atoms with E-state index in [1.54, 1.807) is 7.05 Å². The van der Waals surface area contributed by atoms with Gasteiger partial charge < -0.3 is 5.11 Å². The van der Waals surface area contributed by atoms with E-state index >= 15 is 0 Å². The summed E-state index contributed by atoms with van der Waals surface area (Å²) in [5, 5.41) is 12.6. The largest absolute Gasteiger partial charge is 0.478 e. The lowest BCUT2D eigenvalue weighted by atomic mass is 10.2. The summed E-state index contributed by atoms with van der Waals surface area (Å²) in [5.74, 6) is -0.786. The van der Waals surface area contributed by atoms with Crippen LogP contribution in [0.3, 0.4) is 0 Å². The lowest BCUT2D eigenvalue weighted by Gasteiger charge is -2.08. The standard InChI is InChI=1S/C11H11N3O4S/c1-14-10(6-7-12-14)13-19(17,18)9-4-2-8(3-5-9)11(15)16/h2-7,13H,1H3,(H,15,16). The predicted octanol–water partition coefficient (Wildman–Crippen LogP) is 0.919. The number of carboxylic acid groups (broad SMARTS) is 1. The predicted molar refractivity (Wildman–Crippen MR) is 67.4 cm³/mol. The van der Waals surface area contributed by atoms with Crippen LogP contribution in [0.2, 0.25) is 0 Å². The number of aromatic nitrogens is 2. The molecule has 2 rings (SSSR count). The SMILES string of the molecule is Cn1nccc1NS(=O)(=O)c1ccc(C(=O)O)cc1. The highest BCUT2D eigenvalue weighted by atomic mass is 32.2. The zero-order valence-corrected chi connectivity index (χ0v) is 10.8. The molecule has 19 heavy (non-hydrogen) atoms. The highest BCUT2D eigenvalue weighted by Crippen LogP contribution is 2.15. The van der Waals surface area contributed by atoms with Crippen LogP contribution in [0.15, 0.2) is 41.4 Å². The summed E-state index contributed by atoms with van der Waals surface area (Å²) in [5.41, 5.74) is 0.0273. The molecule has 7 nitrogen and oxygen atoms in total. The van der Waals surface area contributed by atoms with E-state index < -0.39 is 16.0 Å². The molecule has 0 unspecified atom stereocenters. The molecule has 2 N–H and O–H groups in total. The Morgan fingerprint density at radius 2 is 1.89 bits per heavy atom. The Morgan fingerprint density at radius 3 is 2.37 bits per heavy atom. The summed E-state index contributed by atoms with van der Waals surface area (Å²) in [7, 11) is -2.15. The van der Waals surface area contributed by atoms with Crippen molar-refractivity contribution in [3.05, 3.63) is 42.1 Å². The Morgan fingerprint density at radius 1 is 1.26 bits per heavy atom.